The van der Waals surface area contributed by atoms with E-state index in [1.54, 1.807) is 6.92 Å². The Labute approximate surface area is 195 Å². The number of hydrogen-bond donors (Lipinski definition) is 3. The minimum Gasteiger partial charge on any atom is -0.465 e. The van der Waals surface area contributed by atoms with E-state index in [1.165, 1.54) is 21.8 Å². The molecule has 3 N–H and O–H groups in total. The van der Waals surface area contributed by atoms with Crippen LogP contribution in [0.15, 0.2) is 16.9 Å². The number of fused-ring (bicyclic) bond motifs is 3. The third-order valence-electron chi connectivity index (χ3n) is 6.02. The lowest BCUT2D eigenvalue weighted by atomic mass is 9.95. The van der Waals surface area contributed by atoms with E-state index in [1.807, 2.05) is 0 Å². The Bertz CT molecular complexity index is 1100. The number of hydrogen-bond acceptors (Lipinski definition) is 4. The minimum absolute atomic E-state index is 0.0490. The Hall–Kier alpha value is -2.83. The number of carbonyl (C=O) groups is 2. The Morgan fingerprint density at radius 3 is 2.88 bits per heavy atom. The Kier molecular flexibility index (Phi) is 6.25. The summed E-state index contributed by atoms with van der Waals surface area (Å²) in [6, 6.07) is 0.331. The van der Waals surface area contributed by atoms with E-state index in [2.05, 4.69) is 36.6 Å². The summed E-state index contributed by atoms with van der Waals surface area (Å²) in [5.41, 5.74) is 0.466. The van der Waals surface area contributed by atoms with Gasteiger partial charge in [0.15, 0.2) is 5.82 Å². The van der Waals surface area contributed by atoms with Crippen molar-refractivity contribution >= 4 is 33.7 Å². The number of anilines is 1. The van der Waals surface area contributed by atoms with Crippen LogP contribution in [0.2, 0.25) is 0 Å². The number of amides is 3. The van der Waals surface area contributed by atoms with Crippen LogP contribution < -0.4 is 10.6 Å². The number of nitrogens with one attached hydrogen (secondary N) is 2. The van der Waals surface area contributed by atoms with Crippen molar-refractivity contribution < 1.29 is 27.9 Å². The first kappa shape index (κ1) is 23.3. The largest absolute Gasteiger partial charge is 0.465 e. The summed E-state index contributed by atoms with van der Waals surface area (Å²) in [7, 11) is 0. The summed E-state index contributed by atoms with van der Waals surface area (Å²) < 4.78 is 45.7. The molecule has 0 aromatic carbocycles. The molecule has 2 aliphatic rings. The van der Waals surface area contributed by atoms with Crippen LogP contribution in [0, 0.1) is 11.7 Å². The van der Waals surface area contributed by atoms with Gasteiger partial charge in [-0.25, -0.2) is 19.0 Å². The molecule has 0 saturated heterocycles. The fraction of sp³-hybridized carbons (Fsp3) is 0.500. The van der Waals surface area contributed by atoms with Crippen LogP contribution in [0.1, 0.15) is 36.7 Å². The van der Waals surface area contributed by atoms with E-state index >= 15 is 8.78 Å². The smallest absolute Gasteiger partial charge is 0.404 e. The van der Waals surface area contributed by atoms with Crippen LogP contribution in [0.25, 0.3) is 0 Å². The van der Waals surface area contributed by atoms with Crippen molar-refractivity contribution in [1.82, 2.24) is 25.0 Å². The molecule has 2 atom stereocenters. The molecule has 0 unspecified atom stereocenters. The van der Waals surface area contributed by atoms with Gasteiger partial charge in [0, 0.05) is 43.7 Å². The van der Waals surface area contributed by atoms with E-state index in [4.69, 9.17) is 5.11 Å². The lowest BCUT2D eigenvalue weighted by molar-refractivity contribution is -0.0219. The maximum atomic E-state index is 15.1. The summed E-state index contributed by atoms with van der Waals surface area (Å²) in [5, 5.41) is 18.0. The van der Waals surface area contributed by atoms with E-state index in [0.717, 1.165) is 0 Å². The van der Waals surface area contributed by atoms with Crippen molar-refractivity contribution in [2.24, 2.45) is 5.92 Å². The highest BCUT2D eigenvalue weighted by atomic mass is 79.9. The number of urea groups is 1. The molecule has 4 rings (SSSR count). The number of nitrogens with zero attached hydrogens (tertiary/aromatic N) is 4. The zero-order valence-electron chi connectivity index (χ0n) is 17.6. The van der Waals surface area contributed by atoms with E-state index < -0.39 is 30.3 Å². The molecule has 0 radical (unpaired) electrons. The van der Waals surface area contributed by atoms with Crippen molar-refractivity contribution in [1.29, 1.82) is 0 Å². The van der Waals surface area contributed by atoms with E-state index in [9.17, 15) is 14.0 Å². The fourth-order valence-electron chi connectivity index (χ4n) is 4.35. The van der Waals surface area contributed by atoms with Gasteiger partial charge in [-0.2, -0.15) is 13.9 Å². The first-order valence-electron chi connectivity index (χ1n) is 10.4. The third-order valence-corrected chi connectivity index (χ3v) is 6.57. The van der Waals surface area contributed by atoms with Crippen LogP contribution in [-0.2, 0) is 25.4 Å². The predicted molar refractivity (Wildman–Crippen MR) is 114 cm³/mol. The second-order valence-electron chi connectivity index (χ2n) is 8.33. The van der Waals surface area contributed by atoms with Gasteiger partial charge < -0.3 is 20.6 Å². The maximum Gasteiger partial charge on any atom is 0.404 e. The highest BCUT2D eigenvalue weighted by Crippen LogP contribution is 2.42. The summed E-state index contributed by atoms with van der Waals surface area (Å²) in [6.45, 7) is 1.87. The first-order valence-corrected chi connectivity index (χ1v) is 11.2. The normalized spacial score (nSPS) is 21.5. The quantitative estimate of drug-likeness (QED) is 0.520. The lowest BCUT2D eigenvalue weighted by Gasteiger charge is -2.33. The minimum atomic E-state index is -3.18. The molecule has 0 spiro atoms. The molecule has 2 aliphatic heterocycles. The van der Waals surface area contributed by atoms with Crippen molar-refractivity contribution in [3.63, 3.8) is 0 Å². The van der Waals surface area contributed by atoms with Gasteiger partial charge in [-0.05, 0) is 41.3 Å². The molecule has 33 heavy (non-hydrogen) atoms. The number of halogens is 4. The summed E-state index contributed by atoms with van der Waals surface area (Å²) in [6.07, 6.45) is 0.0598. The van der Waals surface area contributed by atoms with Gasteiger partial charge in [0.2, 0.25) is 0 Å². The van der Waals surface area contributed by atoms with Gasteiger partial charge in [0.05, 0.1) is 17.9 Å². The molecular weight excluding hydrogens is 509 g/mol. The molecule has 2 aromatic heterocycles. The average Bonchev–Trinajstić information content (AvgIpc) is 3.03. The molecule has 13 heteroatoms. The van der Waals surface area contributed by atoms with Crippen LogP contribution >= 0.6 is 15.9 Å². The molecule has 4 heterocycles. The molecule has 0 fully saturated rings. The highest BCUT2D eigenvalue weighted by molar-refractivity contribution is 9.10. The zero-order chi connectivity index (χ0) is 23.9. The second-order valence-corrected chi connectivity index (χ2v) is 9.08. The van der Waals surface area contributed by atoms with Gasteiger partial charge in [0.1, 0.15) is 10.3 Å². The van der Waals surface area contributed by atoms with Crippen molar-refractivity contribution in [3.05, 3.63) is 39.6 Å². The van der Waals surface area contributed by atoms with E-state index in [-0.39, 0.29) is 66.0 Å². The van der Waals surface area contributed by atoms with Crippen molar-refractivity contribution in [2.45, 2.75) is 51.2 Å². The second kappa shape index (κ2) is 8.84. The van der Waals surface area contributed by atoms with Gasteiger partial charge in [-0.3, -0.25) is 4.68 Å². The number of rotatable bonds is 3. The van der Waals surface area contributed by atoms with Gasteiger partial charge in [-0.15, -0.1) is 0 Å². The molecule has 0 aliphatic carbocycles. The predicted octanol–water partition coefficient (Wildman–Crippen LogP) is 3.93. The molecule has 9 nitrogen and oxygen atoms in total. The molecule has 0 bridgehead atoms. The first-order chi connectivity index (χ1) is 15.6. The number of carboxylic acid groups (broad SMARTS) is 1. The Morgan fingerprint density at radius 1 is 1.39 bits per heavy atom. The van der Waals surface area contributed by atoms with Gasteiger partial charge in [0.25, 0.3) is 5.92 Å². The number of aromatic nitrogens is 3. The van der Waals surface area contributed by atoms with Gasteiger partial charge >= 0.3 is 12.1 Å². The van der Waals surface area contributed by atoms with Crippen LogP contribution in [-0.4, -0.2) is 49.5 Å². The van der Waals surface area contributed by atoms with Crippen LogP contribution in [0.3, 0.4) is 0 Å². The Balaban J connectivity index is 1.60. The summed E-state index contributed by atoms with van der Waals surface area (Å²) in [5.74, 6) is -4.24. The number of carbonyl (C=O) groups excluding carboxylic acids is 1. The molecular formula is C20H22BrF3N6O3. The average molecular weight is 531 g/mol. The monoisotopic (exact) mass is 530 g/mol. The third kappa shape index (κ3) is 4.63. The van der Waals surface area contributed by atoms with Crippen molar-refractivity contribution in [3.8, 4) is 0 Å². The molecule has 178 valence electrons. The summed E-state index contributed by atoms with van der Waals surface area (Å²) in [4.78, 5) is 28.8. The molecule has 2 aromatic rings. The van der Waals surface area contributed by atoms with Crippen LogP contribution in [0.4, 0.5) is 28.4 Å². The number of alkyl halides is 2. The van der Waals surface area contributed by atoms with E-state index in [0.29, 0.717) is 5.69 Å². The SMILES string of the molecule is C[C@@H]1Cc2nn3c(c2CN1C(=O)Nc1ccnc(Br)c1F)C(F)(F)CC[C@@H](CNC(=O)O)C3. The van der Waals surface area contributed by atoms with Crippen LogP contribution in [0.5, 0.6) is 0 Å². The maximum absolute atomic E-state index is 15.1. The molecule has 3 amide bonds. The molecule has 0 saturated carbocycles. The highest BCUT2D eigenvalue weighted by Gasteiger charge is 2.44. The van der Waals surface area contributed by atoms with Crippen molar-refractivity contribution in [2.75, 3.05) is 11.9 Å². The summed E-state index contributed by atoms with van der Waals surface area (Å²) >= 11 is 2.96. The number of pyridine rings is 1. The zero-order valence-corrected chi connectivity index (χ0v) is 19.2. The topological polar surface area (TPSA) is 112 Å². The standard InChI is InChI=1S/C20H22BrF3N6O3/c1-10-6-14-12(9-29(10)18(31)27-13-3-5-25-17(21)15(13)22)16-20(23,24)4-2-11(7-26-19(32)33)8-30(16)28-14/h3,5,10-11,26H,2,4,6-9H2,1H3,(H,32,33)(H,25,27,31)/t10-,11+/m1/s1. The Morgan fingerprint density at radius 2 is 2.15 bits per heavy atom. The fourth-order valence-corrected chi connectivity index (χ4v) is 4.68. The lowest BCUT2D eigenvalue weighted by Crippen LogP contribution is -2.45. The van der Waals surface area contributed by atoms with Gasteiger partial charge in [-0.1, -0.05) is 0 Å².